The van der Waals surface area contributed by atoms with Gasteiger partial charge in [-0.05, 0) is 6.92 Å². The third kappa shape index (κ3) is 2.11. The standard InChI is InChI=1S/C10H12F4N/c1-3-4-5-15-9(13)7(11)6(2)8(12)10(15)14/h3-5H2,1-2H3/q+1. The van der Waals surface area contributed by atoms with Gasteiger partial charge in [0, 0.05) is 12.0 Å². The molecule has 84 valence electrons. The highest BCUT2D eigenvalue weighted by atomic mass is 19.2. The number of hydrogen-bond acceptors (Lipinski definition) is 0. The SMILES string of the molecule is CCCC[n+]1c(F)c(F)c(C)c(F)c1F. The molecular formula is C10H12F4N+. The van der Waals surface area contributed by atoms with Gasteiger partial charge in [0.2, 0.25) is 11.6 Å². The minimum absolute atomic E-state index is 0.0672. The Bertz CT molecular complexity index is 347. The molecule has 0 aliphatic carbocycles. The molecule has 1 aromatic rings. The summed E-state index contributed by atoms with van der Waals surface area (Å²) in [5.74, 6) is -5.35. The van der Waals surface area contributed by atoms with Crippen molar-refractivity contribution in [1.82, 2.24) is 0 Å². The van der Waals surface area contributed by atoms with E-state index in [1.807, 2.05) is 6.92 Å². The van der Waals surface area contributed by atoms with Crippen LogP contribution in [0.4, 0.5) is 17.6 Å². The van der Waals surface area contributed by atoms with Crippen LogP contribution in [0.25, 0.3) is 0 Å². The van der Waals surface area contributed by atoms with Crippen LogP contribution < -0.4 is 4.57 Å². The van der Waals surface area contributed by atoms with Gasteiger partial charge in [-0.1, -0.05) is 13.3 Å². The van der Waals surface area contributed by atoms with Crippen LogP contribution in [0.2, 0.25) is 0 Å². The maximum atomic E-state index is 13.2. The van der Waals surface area contributed by atoms with Crippen molar-refractivity contribution in [3.8, 4) is 0 Å². The highest BCUT2D eigenvalue weighted by Gasteiger charge is 2.29. The van der Waals surface area contributed by atoms with E-state index in [2.05, 4.69) is 0 Å². The molecule has 0 atom stereocenters. The minimum atomic E-state index is -1.35. The van der Waals surface area contributed by atoms with Crippen LogP contribution in [0, 0.1) is 30.5 Å². The quantitative estimate of drug-likeness (QED) is 0.420. The van der Waals surface area contributed by atoms with Crippen molar-refractivity contribution in [2.45, 2.75) is 33.2 Å². The van der Waals surface area contributed by atoms with Crippen LogP contribution in [0.1, 0.15) is 25.3 Å². The zero-order valence-electron chi connectivity index (χ0n) is 8.58. The summed E-state index contributed by atoms with van der Waals surface area (Å²) in [7, 11) is 0. The third-order valence-electron chi connectivity index (χ3n) is 2.23. The molecule has 0 N–H and O–H groups in total. The average Bonchev–Trinajstić information content (AvgIpc) is 2.24. The van der Waals surface area contributed by atoms with Crippen molar-refractivity contribution in [2.75, 3.05) is 0 Å². The van der Waals surface area contributed by atoms with Crippen molar-refractivity contribution < 1.29 is 22.1 Å². The molecule has 0 saturated carbocycles. The van der Waals surface area contributed by atoms with E-state index >= 15 is 0 Å². The summed E-state index contributed by atoms with van der Waals surface area (Å²) in [5.41, 5.74) is -0.627. The number of aromatic nitrogens is 1. The zero-order valence-corrected chi connectivity index (χ0v) is 8.58. The first-order chi connectivity index (χ1) is 7.00. The second-order valence-electron chi connectivity index (χ2n) is 3.34. The number of pyridine rings is 1. The van der Waals surface area contributed by atoms with E-state index in [0.717, 1.165) is 6.92 Å². The molecule has 0 aliphatic heterocycles. The van der Waals surface area contributed by atoms with Crippen molar-refractivity contribution in [1.29, 1.82) is 0 Å². The van der Waals surface area contributed by atoms with Crippen molar-refractivity contribution in [3.05, 3.63) is 29.1 Å². The van der Waals surface area contributed by atoms with Crippen LogP contribution in [-0.2, 0) is 6.54 Å². The molecule has 0 fully saturated rings. The molecule has 1 nitrogen and oxygen atoms in total. The molecule has 0 bridgehead atoms. The molecule has 0 amide bonds. The van der Waals surface area contributed by atoms with Crippen LogP contribution in [0.3, 0.4) is 0 Å². The summed E-state index contributed by atoms with van der Waals surface area (Å²) < 4.78 is 52.9. The fraction of sp³-hybridized carbons (Fsp3) is 0.500. The summed E-state index contributed by atoms with van der Waals surface area (Å²) in [6, 6.07) is 0. The van der Waals surface area contributed by atoms with E-state index in [1.54, 1.807) is 0 Å². The van der Waals surface area contributed by atoms with Gasteiger partial charge in [-0.3, -0.25) is 0 Å². The van der Waals surface area contributed by atoms with E-state index in [4.69, 9.17) is 0 Å². The summed E-state index contributed by atoms with van der Waals surface area (Å²) in [4.78, 5) is 0. The number of rotatable bonds is 3. The number of nitrogens with zero attached hydrogens (tertiary/aromatic N) is 1. The van der Waals surface area contributed by atoms with E-state index < -0.39 is 29.1 Å². The first-order valence-electron chi connectivity index (χ1n) is 4.73. The smallest absolute Gasteiger partial charge is 0.196 e. The van der Waals surface area contributed by atoms with E-state index in [1.165, 1.54) is 0 Å². The van der Waals surface area contributed by atoms with Gasteiger partial charge in [0.25, 0.3) is 0 Å². The molecule has 0 aromatic carbocycles. The van der Waals surface area contributed by atoms with Crippen LogP contribution >= 0.6 is 0 Å². The molecule has 15 heavy (non-hydrogen) atoms. The first-order valence-corrected chi connectivity index (χ1v) is 4.73. The van der Waals surface area contributed by atoms with Crippen molar-refractivity contribution in [3.63, 3.8) is 0 Å². The number of unbranched alkanes of at least 4 members (excludes halogenated alkanes) is 1. The Kier molecular flexibility index (Phi) is 3.66. The monoisotopic (exact) mass is 222 g/mol. The van der Waals surface area contributed by atoms with Gasteiger partial charge in [-0.15, -0.1) is 13.3 Å². The Balaban J connectivity index is 3.26. The second kappa shape index (κ2) is 4.59. The van der Waals surface area contributed by atoms with Gasteiger partial charge in [-0.25, -0.2) is 0 Å². The summed E-state index contributed by atoms with van der Waals surface area (Å²) in [6.07, 6.45) is 1.14. The Hall–Kier alpha value is -1.13. The minimum Gasteiger partial charge on any atom is -0.196 e. The Labute approximate surface area is 85.3 Å². The van der Waals surface area contributed by atoms with Crippen LogP contribution in [0.15, 0.2) is 0 Å². The number of hydrogen-bond donors (Lipinski definition) is 0. The second-order valence-corrected chi connectivity index (χ2v) is 3.34. The molecule has 0 saturated heterocycles. The summed E-state index contributed by atoms with van der Waals surface area (Å²) in [6.45, 7) is 2.75. The average molecular weight is 222 g/mol. The lowest BCUT2D eigenvalue weighted by molar-refractivity contribution is -0.753. The van der Waals surface area contributed by atoms with Gasteiger partial charge >= 0.3 is 11.9 Å². The van der Waals surface area contributed by atoms with Crippen molar-refractivity contribution in [2.24, 2.45) is 0 Å². The van der Waals surface area contributed by atoms with Gasteiger partial charge in [0.15, 0.2) is 6.54 Å². The maximum absolute atomic E-state index is 13.2. The maximum Gasteiger partial charge on any atom is 0.398 e. The Morgan fingerprint density at radius 1 is 1.00 bits per heavy atom. The lowest BCUT2D eigenvalue weighted by atomic mass is 10.2. The Morgan fingerprint density at radius 2 is 1.47 bits per heavy atom. The molecule has 1 heterocycles. The van der Waals surface area contributed by atoms with Crippen LogP contribution in [0.5, 0.6) is 0 Å². The van der Waals surface area contributed by atoms with E-state index in [-0.39, 0.29) is 6.54 Å². The predicted octanol–water partition coefficient (Wildman–Crippen LogP) is 2.64. The molecule has 0 spiro atoms. The van der Waals surface area contributed by atoms with E-state index in [0.29, 0.717) is 17.4 Å². The molecular weight excluding hydrogens is 210 g/mol. The largest absolute Gasteiger partial charge is 0.398 e. The molecule has 0 aliphatic rings. The predicted molar refractivity (Wildman–Crippen MR) is 46.1 cm³/mol. The molecule has 0 radical (unpaired) electrons. The lowest BCUT2D eigenvalue weighted by Crippen LogP contribution is -2.45. The zero-order chi connectivity index (χ0) is 11.6. The van der Waals surface area contributed by atoms with Crippen LogP contribution in [-0.4, -0.2) is 0 Å². The van der Waals surface area contributed by atoms with E-state index in [9.17, 15) is 17.6 Å². The number of halogens is 4. The van der Waals surface area contributed by atoms with Gasteiger partial charge < -0.3 is 0 Å². The fourth-order valence-electron chi connectivity index (χ4n) is 1.24. The molecule has 0 unspecified atom stereocenters. The molecule has 5 heteroatoms. The highest BCUT2D eigenvalue weighted by molar-refractivity contribution is 5.11. The van der Waals surface area contributed by atoms with Crippen molar-refractivity contribution >= 4 is 0 Å². The third-order valence-corrected chi connectivity index (χ3v) is 2.23. The summed E-state index contributed by atoms with van der Waals surface area (Å²) >= 11 is 0. The first kappa shape index (κ1) is 11.9. The normalized spacial score (nSPS) is 10.8. The van der Waals surface area contributed by atoms with Gasteiger partial charge in [0.1, 0.15) is 0 Å². The highest BCUT2D eigenvalue weighted by Crippen LogP contribution is 2.14. The Morgan fingerprint density at radius 3 is 1.87 bits per heavy atom. The van der Waals surface area contributed by atoms with Gasteiger partial charge in [-0.2, -0.15) is 8.78 Å². The van der Waals surface area contributed by atoms with Gasteiger partial charge in [0.05, 0.1) is 0 Å². The fourth-order valence-corrected chi connectivity index (χ4v) is 1.24. The lowest BCUT2D eigenvalue weighted by Gasteiger charge is -2.02. The molecule has 1 rings (SSSR count). The topological polar surface area (TPSA) is 3.88 Å². The molecule has 1 aromatic heterocycles. The summed E-state index contributed by atoms with van der Waals surface area (Å²) in [5, 5.41) is 0.